The number of carbonyl (C=O) groups is 1. The second-order valence-corrected chi connectivity index (χ2v) is 6.64. The summed E-state index contributed by atoms with van der Waals surface area (Å²) in [4.78, 5) is 16.9. The summed E-state index contributed by atoms with van der Waals surface area (Å²) in [6, 6.07) is 8.91. The van der Waals surface area contributed by atoms with Crippen LogP contribution in [-0.4, -0.2) is 58.2 Å². The summed E-state index contributed by atoms with van der Waals surface area (Å²) in [7, 11) is 0. The first-order chi connectivity index (χ1) is 12.7. The highest BCUT2D eigenvalue weighted by Gasteiger charge is 2.21. The molecule has 2 aromatic rings. The molecule has 0 N–H and O–H groups in total. The molecule has 3 rings (SSSR count). The third-order valence-electron chi connectivity index (χ3n) is 4.28. The summed E-state index contributed by atoms with van der Waals surface area (Å²) in [5.74, 6) is 0.627. The van der Waals surface area contributed by atoms with Crippen molar-refractivity contribution < 1.29 is 9.53 Å². The first-order valence-corrected chi connectivity index (χ1v) is 9.08. The van der Waals surface area contributed by atoms with Gasteiger partial charge in [0, 0.05) is 43.9 Å². The van der Waals surface area contributed by atoms with E-state index in [0.29, 0.717) is 23.0 Å². The Labute approximate surface area is 158 Å². The molecule has 0 bridgehead atoms. The number of amides is 1. The molecule has 0 unspecified atom stereocenters. The van der Waals surface area contributed by atoms with Gasteiger partial charge in [0.05, 0.1) is 0 Å². The van der Waals surface area contributed by atoms with Crippen molar-refractivity contribution in [3.8, 4) is 5.75 Å². The van der Waals surface area contributed by atoms with Crippen molar-refractivity contribution in [1.29, 1.82) is 0 Å². The molecule has 2 heterocycles. The molecule has 1 aliphatic heterocycles. The zero-order chi connectivity index (χ0) is 18.4. The highest BCUT2D eigenvalue weighted by atomic mass is 35.5. The van der Waals surface area contributed by atoms with Crippen LogP contribution in [0, 0.1) is 0 Å². The number of rotatable bonds is 6. The van der Waals surface area contributed by atoms with Gasteiger partial charge >= 0.3 is 0 Å². The number of ether oxygens (including phenoxy) is 1. The molecule has 0 radical (unpaired) electrons. The molecule has 0 saturated carbocycles. The molecule has 0 aliphatic carbocycles. The van der Waals surface area contributed by atoms with Crippen molar-refractivity contribution in [2.45, 2.75) is 13.2 Å². The zero-order valence-electron chi connectivity index (χ0n) is 14.7. The Bertz CT molecular complexity index is 762. The Morgan fingerprint density at radius 3 is 2.96 bits per heavy atom. The minimum Gasteiger partial charge on any atom is -0.471 e. The highest BCUT2D eigenvalue weighted by molar-refractivity contribution is 6.30. The van der Waals surface area contributed by atoms with Gasteiger partial charge < -0.3 is 9.64 Å². The van der Waals surface area contributed by atoms with Gasteiger partial charge in [-0.1, -0.05) is 23.7 Å². The van der Waals surface area contributed by atoms with Crippen molar-refractivity contribution in [2.24, 2.45) is 0 Å². The predicted octanol–water partition coefficient (Wildman–Crippen LogP) is 2.91. The van der Waals surface area contributed by atoms with E-state index >= 15 is 0 Å². The molecular weight excluding hydrogens is 352 g/mol. The molecule has 1 aromatic heterocycles. The molecule has 1 amide bonds. The van der Waals surface area contributed by atoms with E-state index in [9.17, 15) is 4.79 Å². The lowest BCUT2D eigenvalue weighted by atomic mass is 10.3. The Balaban J connectivity index is 1.56. The molecule has 1 aromatic carbocycles. The largest absolute Gasteiger partial charge is 0.471 e. The average molecular weight is 375 g/mol. The van der Waals surface area contributed by atoms with Crippen molar-refractivity contribution in [2.75, 3.05) is 32.7 Å². The van der Waals surface area contributed by atoms with Gasteiger partial charge in [0.1, 0.15) is 5.75 Å². The zero-order valence-corrected chi connectivity index (χ0v) is 15.4. The summed E-state index contributed by atoms with van der Waals surface area (Å²) in [6.07, 6.45) is 4.61. The van der Waals surface area contributed by atoms with Crippen LogP contribution in [-0.2, 0) is 6.73 Å². The van der Waals surface area contributed by atoms with Crippen molar-refractivity contribution >= 4 is 17.5 Å². The maximum atomic E-state index is 12.7. The van der Waals surface area contributed by atoms with Gasteiger partial charge in [-0.15, -0.1) is 6.58 Å². The third kappa shape index (κ3) is 4.86. The molecule has 1 aliphatic rings. The van der Waals surface area contributed by atoms with E-state index < -0.39 is 0 Å². The fraction of sp³-hybridized carbons (Fsp3) is 0.368. The van der Waals surface area contributed by atoms with Crippen LogP contribution in [0.4, 0.5) is 0 Å². The number of hydrogen-bond donors (Lipinski definition) is 0. The summed E-state index contributed by atoms with van der Waals surface area (Å²) >= 11 is 5.94. The lowest BCUT2D eigenvalue weighted by molar-refractivity contribution is 0.0754. The van der Waals surface area contributed by atoms with Gasteiger partial charge in [-0.3, -0.25) is 9.69 Å². The fourth-order valence-electron chi connectivity index (χ4n) is 2.95. The van der Waals surface area contributed by atoms with E-state index in [1.165, 1.54) is 0 Å². The molecule has 7 heteroatoms. The smallest absolute Gasteiger partial charge is 0.274 e. The number of benzene rings is 1. The SMILES string of the molecule is C=CCN1CCCN(C(=O)c2ccn(COc3cccc(Cl)c3)n2)CC1. The van der Waals surface area contributed by atoms with Crippen LogP contribution in [0.15, 0.2) is 49.2 Å². The van der Waals surface area contributed by atoms with Gasteiger partial charge in [-0.25, -0.2) is 4.68 Å². The van der Waals surface area contributed by atoms with Crippen molar-refractivity contribution in [1.82, 2.24) is 19.6 Å². The molecule has 138 valence electrons. The lowest BCUT2D eigenvalue weighted by Crippen LogP contribution is -2.35. The first kappa shape index (κ1) is 18.5. The van der Waals surface area contributed by atoms with Gasteiger partial charge in [0.15, 0.2) is 12.4 Å². The molecule has 0 spiro atoms. The topological polar surface area (TPSA) is 50.6 Å². The second kappa shape index (κ2) is 8.87. The maximum Gasteiger partial charge on any atom is 0.274 e. The summed E-state index contributed by atoms with van der Waals surface area (Å²) in [6.45, 7) is 8.16. The number of hydrogen-bond acceptors (Lipinski definition) is 4. The van der Waals surface area contributed by atoms with Crippen LogP contribution in [0.1, 0.15) is 16.9 Å². The molecule has 1 saturated heterocycles. The van der Waals surface area contributed by atoms with E-state index in [1.807, 2.05) is 23.1 Å². The van der Waals surface area contributed by atoms with Gasteiger partial charge in [0.25, 0.3) is 5.91 Å². The number of carbonyl (C=O) groups excluding carboxylic acids is 1. The van der Waals surface area contributed by atoms with Gasteiger partial charge in [-0.2, -0.15) is 5.10 Å². The molecule has 6 nitrogen and oxygen atoms in total. The molecule has 26 heavy (non-hydrogen) atoms. The number of aromatic nitrogens is 2. The van der Waals surface area contributed by atoms with Gasteiger partial charge in [0.2, 0.25) is 0 Å². The maximum absolute atomic E-state index is 12.7. The van der Waals surface area contributed by atoms with Crippen LogP contribution in [0.3, 0.4) is 0 Å². The van der Waals surface area contributed by atoms with Crippen molar-refractivity contribution in [3.05, 3.63) is 59.9 Å². The van der Waals surface area contributed by atoms with E-state index in [2.05, 4.69) is 16.6 Å². The summed E-state index contributed by atoms with van der Waals surface area (Å²) < 4.78 is 7.25. The fourth-order valence-corrected chi connectivity index (χ4v) is 3.13. The van der Waals surface area contributed by atoms with Crippen LogP contribution in [0.25, 0.3) is 0 Å². The van der Waals surface area contributed by atoms with Crippen LogP contribution < -0.4 is 4.74 Å². The van der Waals surface area contributed by atoms with E-state index in [-0.39, 0.29) is 12.6 Å². The standard InChI is InChI=1S/C19H23ClN4O2/c1-2-8-22-9-4-10-23(13-12-22)19(25)18-7-11-24(21-18)15-26-17-6-3-5-16(20)14-17/h2-3,5-7,11,14H,1,4,8-10,12-13,15H2. The lowest BCUT2D eigenvalue weighted by Gasteiger charge is -2.20. The Hall–Kier alpha value is -2.31. The molecule has 1 fully saturated rings. The monoisotopic (exact) mass is 374 g/mol. The number of nitrogens with zero attached hydrogens (tertiary/aromatic N) is 4. The number of halogens is 1. The Morgan fingerprint density at radius 1 is 1.27 bits per heavy atom. The minimum atomic E-state index is -0.0352. The Kier molecular flexibility index (Phi) is 6.30. The second-order valence-electron chi connectivity index (χ2n) is 6.21. The van der Waals surface area contributed by atoms with E-state index in [0.717, 1.165) is 32.6 Å². The quantitative estimate of drug-likeness (QED) is 0.729. The first-order valence-electron chi connectivity index (χ1n) is 8.70. The summed E-state index contributed by atoms with van der Waals surface area (Å²) in [5.41, 5.74) is 0.442. The molecular formula is C19H23ClN4O2. The van der Waals surface area contributed by atoms with Crippen LogP contribution in [0.2, 0.25) is 5.02 Å². The third-order valence-corrected chi connectivity index (χ3v) is 4.52. The summed E-state index contributed by atoms with van der Waals surface area (Å²) in [5, 5.41) is 4.96. The average Bonchev–Trinajstić information content (AvgIpc) is 2.99. The van der Waals surface area contributed by atoms with Crippen molar-refractivity contribution in [3.63, 3.8) is 0 Å². The van der Waals surface area contributed by atoms with Gasteiger partial charge in [-0.05, 0) is 30.7 Å². The minimum absolute atomic E-state index is 0.0352. The van der Waals surface area contributed by atoms with E-state index in [1.54, 1.807) is 29.1 Å². The van der Waals surface area contributed by atoms with E-state index in [4.69, 9.17) is 16.3 Å². The normalized spacial score (nSPS) is 15.5. The van der Waals surface area contributed by atoms with Crippen LogP contribution in [0.5, 0.6) is 5.75 Å². The Morgan fingerprint density at radius 2 is 2.15 bits per heavy atom. The van der Waals surface area contributed by atoms with Crippen LogP contribution >= 0.6 is 11.6 Å². The highest BCUT2D eigenvalue weighted by Crippen LogP contribution is 2.17. The molecule has 0 atom stereocenters. The predicted molar refractivity (Wildman–Crippen MR) is 101 cm³/mol.